The predicted molar refractivity (Wildman–Crippen MR) is 85.0 cm³/mol. The maximum absolute atomic E-state index is 13.7. The lowest BCUT2D eigenvalue weighted by molar-refractivity contribution is 0.386. The van der Waals surface area contributed by atoms with E-state index < -0.39 is 0 Å². The van der Waals surface area contributed by atoms with Gasteiger partial charge in [0.25, 0.3) is 0 Å². The van der Waals surface area contributed by atoms with Crippen LogP contribution >= 0.6 is 15.9 Å². The topological polar surface area (TPSA) is 21.3 Å². The minimum atomic E-state index is -0.314. The Morgan fingerprint density at radius 1 is 1.33 bits per heavy atom. The molecule has 0 fully saturated rings. The van der Waals surface area contributed by atoms with Crippen LogP contribution in [0.15, 0.2) is 40.9 Å². The molecular weight excluding hydrogens is 333 g/mol. The van der Waals surface area contributed by atoms with Gasteiger partial charge in [-0.1, -0.05) is 34.1 Å². The summed E-state index contributed by atoms with van der Waals surface area (Å²) in [6.45, 7) is 0.650. The third kappa shape index (κ3) is 2.97. The lowest BCUT2D eigenvalue weighted by atomic mass is 10.1. The number of nitrogens with one attached hydrogen (secondary N) is 1. The van der Waals surface area contributed by atoms with Crippen LogP contribution in [0.3, 0.4) is 0 Å². The van der Waals surface area contributed by atoms with Crippen LogP contribution in [-0.4, -0.2) is 7.11 Å². The fourth-order valence-corrected chi connectivity index (χ4v) is 3.46. The summed E-state index contributed by atoms with van der Waals surface area (Å²) in [5, 5.41) is 3.52. The minimum Gasteiger partial charge on any atom is -0.494 e. The standard InChI is InChI=1S/C17H17BrFNO/c1-21-17-8-5-11(9-15(17)19)10-20-16-7-6-12-13(16)3-2-4-14(12)18/h2-5,8-9,16,20H,6-7,10H2,1H3. The summed E-state index contributed by atoms with van der Waals surface area (Å²) in [5.41, 5.74) is 3.66. The molecule has 0 radical (unpaired) electrons. The van der Waals surface area contributed by atoms with Crippen molar-refractivity contribution >= 4 is 15.9 Å². The molecule has 0 heterocycles. The zero-order valence-corrected chi connectivity index (χ0v) is 13.4. The maximum atomic E-state index is 13.7. The van der Waals surface area contributed by atoms with Gasteiger partial charge in [-0.3, -0.25) is 0 Å². The van der Waals surface area contributed by atoms with Gasteiger partial charge in [-0.05, 0) is 47.7 Å². The first-order chi connectivity index (χ1) is 10.2. The molecule has 21 heavy (non-hydrogen) atoms. The second-order valence-electron chi connectivity index (χ2n) is 5.25. The van der Waals surface area contributed by atoms with Crippen LogP contribution in [0.5, 0.6) is 5.75 Å². The summed E-state index contributed by atoms with van der Waals surface area (Å²) >= 11 is 3.60. The minimum absolute atomic E-state index is 0.286. The van der Waals surface area contributed by atoms with Crippen molar-refractivity contribution in [1.82, 2.24) is 5.32 Å². The van der Waals surface area contributed by atoms with E-state index in [1.165, 1.54) is 28.8 Å². The molecule has 2 nitrogen and oxygen atoms in total. The van der Waals surface area contributed by atoms with Gasteiger partial charge in [0.15, 0.2) is 11.6 Å². The molecule has 1 aliphatic carbocycles. The molecular formula is C17H17BrFNO. The molecule has 110 valence electrons. The molecule has 0 amide bonds. The molecule has 0 saturated heterocycles. The lowest BCUT2D eigenvalue weighted by Gasteiger charge is -2.15. The Balaban J connectivity index is 1.70. The van der Waals surface area contributed by atoms with Gasteiger partial charge in [0.2, 0.25) is 0 Å². The molecule has 1 N–H and O–H groups in total. The number of benzene rings is 2. The molecule has 3 rings (SSSR count). The highest BCUT2D eigenvalue weighted by molar-refractivity contribution is 9.10. The van der Waals surface area contributed by atoms with Crippen LogP contribution in [0.1, 0.15) is 29.2 Å². The van der Waals surface area contributed by atoms with E-state index in [1.807, 2.05) is 6.07 Å². The molecule has 0 saturated carbocycles. The van der Waals surface area contributed by atoms with E-state index >= 15 is 0 Å². The summed E-state index contributed by atoms with van der Waals surface area (Å²) in [7, 11) is 1.48. The summed E-state index contributed by atoms with van der Waals surface area (Å²) in [6.07, 6.45) is 2.15. The van der Waals surface area contributed by atoms with E-state index in [9.17, 15) is 4.39 Å². The second-order valence-corrected chi connectivity index (χ2v) is 6.10. The number of rotatable bonds is 4. The van der Waals surface area contributed by atoms with Crippen molar-refractivity contribution in [3.63, 3.8) is 0 Å². The van der Waals surface area contributed by atoms with Crippen LogP contribution in [0.4, 0.5) is 4.39 Å². The molecule has 4 heteroatoms. The molecule has 2 aromatic carbocycles. The highest BCUT2D eigenvalue weighted by Gasteiger charge is 2.23. The number of halogens is 2. The lowest BCUT2D eigenvalue weighted by Crippen LogP contribution is -2.18. The van der Waals surface area contributed by atoms with Crippen LogP contribution in [-0.2, 0) is 13.0 Å². The molecule has 2 aromatic rings. The van der Waals surface area contributed by atoms with Crippen LogP contribution in [0.2, 0.25) is 0 Å². The summed E-state index contributed by atoms with van der Waals surface area (Å²) < 4.78 is 19.8. The van der Waals surface area contributed by atoms with Crippen molar-refractivity contribution in [3.05, 3.63) is 63.4 Å². The van der Waals surface area contributed by atoms with E-state index in [-0.39, 0.29) is 11.6 Å². The van der Waals surface area contributed by atoms with Crippen LogP contribution < -0.4 is 10.1 Å². The Morgan fingerprint density at radius 3 is 2.95 bits per heavy atom. The highest BCUT2D eigenvalue weighted by Crippen LogP contribution is 2.35. The molecule has 1 unspecified atom stereocenters. The average Bonchev–Trinajstić information content (AvgIpc) is 2.90. The first kappa shape index (κ1) is 14.5. The summed E-state index contributed by atoms with van der Waals surface area (Å²) in [6, 6.07) is 11.7. The third-order valence-corrected chi connectivity index (χ3v) is 4.73. The van der Waals surface area contributed by atoms with Crippen molar-refractivity contribution in [1.29, 1.82) is 0 Å². The fraction of sp³-hybridized carbons (Fsp3) is 0.294. The molecule has 1 atom stereocenters. The van der Waals surface area contributed by atoms with E-state index in [0.717, 1.165) is 18.4 Å². The first-order valence-corrected chi connectivity index (χ1v) is 7.81. The zero-order chi connectivity index (χ0) is 14.8. The van der Waals surface area contributed by atoms with Gasteiger partial charge >= 0.3 is 0 Å². The molecule has 0 bridgehead atoms. The van der Waals surface area contributed by atoms with Gasteiger partial charge in [-0.2, -0.15) is 0 Å². The van der Waals surface area contributed by atoms with Gasteiger partial charge in [-0.15, -0.1) is 0 Å². The van der Waals surface area contributed by atoms with Crippen molar-refractivity contribution in [3.8, 4) is 5.75 Å². The van der Waals surface area contributed by atoms with Crippen LogP contribution in [0, 0.1) is 5.82 Å². The molecule has 0 aromatic heterocycles. The normalized spacial score (nSPS) is 16.8. The monoisotopic (exact) mass is 349 g/mol. The molecule has 0 aliphatic heterocycles. The summed E-state index contributed by atoms with van der Waals surface area (Å²) in [4.78, 5) is 0. The second kappa shape index (κ2) is 6.16. The highest BCUT2D eigenvalue weighted by atomic mass is 79.9. The number of hydrogen-bond acceptors (Lipinski definition) is 2. The number of methoxy groups -OCH3 is 1. The van der Waals surface area contributed by atoms with Crippen molar-refractivity contribution in [2.75, 3.05) is 7.11 Å². The Kier molecular flexibility index (Phi) is 4.27. The number of hydrogen-bond donors (Lipinski definition) is 1. The first-order valence-electron chi connectivity index (χ1n) is 7.02. The SMILES string of the molecule is COc1ccc(CNC2CCc3c(Br)cccc32)cc1F. The smallest absolute Gasteiger partial charge is 0.165 e. The van der Waals surface area contributed by atoms with Crippen molar-refractivity contribution in [2.24, 2.45) is 0 Å². The van der Waals surface area contributed by atoms with E-state index in [0.29, 0.717) is 12.6 Å². The van der Waals surface area contributed by atoms with Crippen molar-refractivity contribution in [2.45, 2.75) is 25.4 Å². The van der Waals surface area contributed by atoms with Crippen molar-refractivity contribution < 1.29 is 9.13 Å². The number of ether oxygens (including phenoxy) is 1. The van der Waals surface area contributed by atoms with E-state index in [1.54, 1.807) is 6.07 Å². The van der Waals surface area contributed by atoms with Gasteiger partial charge in [0, 0.05) is 17.1 Å². The van der Waals surface area contributed by atoms with Gasteiger partial charge in [0.05, 0.1) is 7.11 Å². The summed E-state index contributed by atoms with van der Waals surface area (Å²) in [5.74, 6) is -0.0275. The van der Waals surface area contributed by atoms with E-state index in [2.05, 4.69) is 39.4 Å². The molecule has 1 aliphatic rings. The fourth-order valence-electron chi connectivity index (χ4n) is 2.88. The Hall–Kier alpha value is -1.39. The largest absolute Gasteiger partial charge is 0.494 e. The van der Waals surface area contributed by atoms with E-state index in [4.69, 9.17) is 4.74 Å². The Morgan fingerprint density at radius 2 is 2.19 bits per heavy atom. The Labute approximate surface area is 132 Å². The number of fused-ring (bicyclic) bond motifs is 1. The average molecular weight is 350 g/mol. The quantitative estimate of drug-likeness (QED) is 0.884. The maximum Gasteiger partial charge on any atom is 0.165 e. The van der Waals surface area contributed by atoms with Gasteiger partial charge < -0.3 is 10.1 Å². The zero-order valence-electron chi connectivity index (χ0n) is 11.8. The predicted octanol–water partition coefficient (Wildman–Crippen LogP) is 4.37. The van der Waals surface area contributed by atoms with Crippen LogP contribution in [0.25, 0.3) is 0 Å². The third-order valence-electron chi connectivity index (χ3n) is 3.98. The van der Waals surface area contributed by atoms with Gasteiger partial charge in [0.1, 0.15) is 0 Å². The van der Waals surface area contributed by atoms with Gasteiger partial charge in [-0.25, -0.2) is 4.39 Å². The molecule has 0 spiro atoms. The Bertz CT molecular complexity index is 659.